The van der Waals surface area contributed by atoms with E-state index in [2.05, 4.69) is 94.0 Å². The van der Waals surface area contributed by atoms with Crippen molar-refractivity contribution in [2.24, 2.45) is 7.05 Å². The van der Waals surface area contributed by atoms with Crippen LogP contribution in [0.3, 0.4) is 0 Å². The quantitative estimate of drug-likeness (QED) is 0.581. The molecule has 0 saturated heterocycles. The predicted octanol–water partition coefficient (Wildman–Crippen LogP) is 5.08. The summed E-state index contributed by atoms with van der Waals surface area (Å²) in [5.74, 6) is 0. The molecule has 3 rings (SSSR count). The minimum absolute atomic E-state index is 1.25. The molecule has 0 unspecified atom stereocenters. The zero-order valence-corrected chi connectivity index (χ0v) is 14.6. The summed E-state index contributed by atoms with van der Waals surface area (Å²) in [7, 11) is 2.12. The summed E-state index contributed by atoms with van der Waals surface area (Å²) < 4.78 is 2.21. The second kappa shape index (κ2) is 6.00. The lowest BCUT2D eigenvalue weighted by molar-refractivity contribution is -0.660. The van der Waals surface area contributed by atoms with Crippen LogP contribution in [0, 0.1) is 27.7 Å². The summed E-state index contributed by atoms with van der Waals surface area (Å²) >= 11 is 0. The van der Waals surface area contributed by atoms with Crippen LogP contribution in [0.15, 0.2) is 54.7 Å². The lowest BCUT2D eigenvalue weighted by Gasteiger charge is -2.15. The Hall–Kier alpha value is -2.41. The van der Waals surface area contributed by atoms with E-state index in [1.807, 2.05) is 0 Å². The summed E-state index contributed by atoms with van der Waals surface area (Å²) in [6, 6.07) is 17.5. The summed E-state index contributed by atoms with van der Waals surface area (Å²) in [4.78, 5) is 0. The van der Waals surface area contributed by atoms with Gasteiger partial charge in [-0.1, -0.05) is 30.3 Å². The van der Waals surface area contributed by atoms with Gasteiger partial charge in [0.15, 0.2) is 6.20 Å². The minimum Gasteiger partial charge on any atom is -0.201 e. The molecule has 23 heavy (non-hydrogen) atoms. The van der Waals surface area contributed by atoms with Crippen molar-refractivity contribution in [1.29, 1.82) is 0 Å². The van der Waals surface area contributed by atoms with Gasteiger partial charge < -0.3 is 0 Å². The predicted molar refractivity (Wildman–Crippen MR) is 97.4 cm³/mol. The Morgan fingerprint density at radius 1 is 0.696 bits per heavy atom. The lowest BCUT2D eigenvalue weighted by Crippen LogP contribution is -2.31. The molecule has 0 aliphatic carbocycles. The highest BCUT2D eigenvalue weighted by Gasteiger charge is 2.16. The summed E-state index contributed by atoms with van der Waals surface area (Å²) in [6.07, 6.45) is 2.18. The Balaban J connectivity index is 2.24. The van der Waals surface area contributed by atoms with Crippen LogP contribution in [0.25, 0.3) is 22.4 Å². The van der Waals surface area contributed by atoms with Gasteiger partial charge in [0, 0.05) is 17.2 Å². The van der Waals surface area contributed by atoms with Gasteiger partial charge in [-0.2, -0.15) is 0 Å². The highest BCUT2D eigenvalue weighted by atomic mass is 14.9. The van der Waals surface area contributed by atoms with Gasteiger partial charge in [-0.05, 0) is 67.6 Å². The molecule has 0 atom stereocenters. The van der Waals surface area contributed by atoms with Crippen LogP contribution >= 0.6 is 0 Å². The Labute approximate surface area is 139 Å². The van der Waals surface area contributed by atoms with E-state index in [4.69, 9.17) is 0 Å². The van der Waals surface area contributed by atoms with Crippen molar-refractivity contribution in [2.75, 3.05) is 0 Å². The maximum atomic E-state index is 2.24. The van der Waals surface area contributed by atoms with E-state index in [1.54, 1.807) is 0 Å². The first-order valence-corrected chi connectivity index (χ1v) is 8.12. The maximum absolute atomic E-state index is 2.24. The highest BCUT2D eigenvalue weighted by molar-refractivity contribution is 5.79. The average Bonchev–Trinajstić information content (AvgIpc) is 2.49. The first-order chi connectivity index (χ1) is 11.0. The molecule has 0 fully saturated rings. The molecule has 2 aromatic carbocycles. The zero-order chi connectivity index (χ0) is 16.6. The zero-order valence-electron chi connectivity index (χ0n) is 14.6. The summed E-state index contributed by atoms with van der Waals surface area (Å²) in [6.45, 7) is 8.75. The molecule has 0 spiro atoms. The fraction of sp³-hybridized carbons (Fsp3) is 0.227. The van der Waals surface area contributed by atoms with Crippen molar-refractivity contribution in [2.45, 2.75) is 27.7 Å². The second-order valence-corrected chi connectivity index (χ2v) is 6.45. The molecule has 0 aliphatic rings. The van der Waals surface area contributed by atoms with Crippen molar-refractivity contribution < 1.29 is 4.57 Å². The maximum Gasteiger partial charge on any atom is 0.212 e. The number of aromatic nitrogens is 1. The van der Waals surface area contributed by atoms with Crippen LogP contribution in [0.2, 0.25) is 0 Å². The fourth-order valence-electron chi connectivity index (χ4n) is 3.45. The van der Waals surface area contributed by atoms with Crippen LogP contribution in [0.1, 0.15) is 22.3 Å². The Morgan fingerprint density at radius 2 is 1.30 bits per heavy atom. The summed E-state index contributed by atoms with van der Waals surface area (Å²) in [5.41, 5.74) is 10.5. The number of aryl methyl sites for hydroxylation is 4. The van der Waals surface area contributed by atoms with Crippen molar-refractivity contribution in [3.8, 4) is 22.4 Å². The number of benzene rings is 2. The standard InChI is InChI=1S/C22H24N/c1-15-12-13-21(23(5)14-15)19-10-7-11-20(18(19)4)22-16(2)8-6-9-17(22)3/h6-14H,1-5H3/q+1. The van der Waals surface area contributed by atoms with Crippen molar-refractivity contribution >= 4 is 0 Å². The van der Waals surface area contributed by atoms with E-state index in [-0.39, 0.29) is 0 Å². The molecule has 0 N–H and O–H groups in total. The van der Waals surface area contributed by atoms with E-state index in [0.29, 0.717) is 0 Å². The summed E-state index contributed by atoms with van der Waals surface area (Å²) in [5, 5.41) is 0. The monoisotopic (exact) mass is 302 g/mol. The molecular weight excluding hydrogens is 278 g/mol. The molecule has 1 aromatic heterocycles. The number of pyridine rings is 1. The number of hydrogen-bond donors (Lipinski definition) is 0. The third-order valence-corrected chi connectivity index (χ3v) is 4.64. The molecular formula is C22H24N+. The SMILES string of the molecule is Cc1ccc(-c2cccc(-c3c(C)cccc3C)c2C)[n+](C)c1. The molecule has 1 heterocycles. The largest absolute Gasteiger partial charge is 0.212 e. The molecule has 116 valence electrons. The normalized spacial score (nSPS) is 10.8. The molecule has 3 aromatic rings. The number of rotatable bonds is 2. The van der Waals surface area contributed by atoms with Crippen LogP contribution in [0.5, 0.6) is 0 Å². The van der Waals surface area contributed by atoms with Gasteiger partial charge in [0.2, 0.25) is 5.69 Å². The van der Waals surface area contributed by atoms with E-state index < -0.39 is 0 Å². The molecule has 1 heteroatoms. The molecule has 0 bridgehead atoms. The van der Waals surface area contributed by atoms with Gasteiger partial charge in [0.1, 0.15) is 7.05 Å². The third kappa shape index (κ3) is 2.79. The smallest absolute Gasteiger partial charge is 0.201 e. The van der Waals surface area contributed by atoms with Gasteiger partial charge >= 0.3 is 0 Å². The molecule has 0 aliphatic heterocycles. The fourth-order valence-corrected chi connectivity index (χ4v) is 3.45. The highest BCUT2D eigenvalue weighted by Crippen LogP contribution is 2.34. The first kappa shape index (κ1) is 15.5. The van der Waals surface area contributed by atoms with E-state index >= 15 is 0 Å². The van der Waals surface area contributed by atoms with Crippen molar-refractivity contribution in [3.05, 3.63) is 77.0 Å². The van der Waals surface area contributed by atoms with E-state index in [9.17, 15) is 0 Å². The van der Waals surface area contributed by atoms with Gasteiger partial charge in [0.25, 0.3) is 0 Å². The lowest BCUT2D eigenvalue weighted by atomic mass is 9.89. The van der Waals surface area contributed by atoms with Gasteiger partial charge in [0.05, 0.1) is 0 Å². The van der Waals surface area contributed by atoms with Crippen LogP contribution < -0.4 is 4.57 Å². The Bertz CT molecular complexity index is 855. The molecule has 0 saturated carbocycles. The van der Waals surface area contributed by atoms with Crippen LogP contribution in [0.4, 0.5) is 0 Å². The van der Waals surface area contributed by atoms with E-state index in [0.717, 1.165) is 0 Å². The molecule has 0 amide bonds. The van der Waals surface area contributed by atoms with Gasteiger partial charge in [-0.25, -0.2) is 4.57 Å². The van der Waals surface area contributed by atoms with Gasteiger partial charge in [-0.3, -0.25) is 0 Å². The molecule has 1 nitrogen and oxygen atoms in total. The van der Waals surface area contributed by atoms with E-state index in [1.165, 1.54) is 44.6 Å². The first-order valence-electron chi connectivity index (χ1n) is 8.12. The third-order valence-electron chi connectivity index (χ3n) is 4.64. The van der Waals surface area contributed by atoms with Crippen molar-refractivity contribution in [3.63, 3.8) is 0 Å². The topological polar surface area (TPSA) is 3.88 Å². The number of hydrogen-bond acceptors (Lipinski definition) is 0. The number of nitrogens with zero attached hydrogens (tertiary/aromatic N) is 1. The van der Waals surface area contributed by atoms with Gasteiger partial charge in [-0.15, -0.1) is 0 Å². The second-order valence-electron chi connectivity index (χ2n) is 6.45. The molecule has 0 radical (unpaired) electrons. The minimum atomic E-state index is 1.25. The van der Waals surface area contributed by atoms with Crippen LogP contribution in [-0.4, -0.2) is 0 Å². The Morgan fingerprint density at radius 3 is 1.96 bits per heavy atom. The van der Waals surface area contributed by atoms with Crippen LogP contribution in [-0.2, 0) is 7.05 Å². The average molecular weight is 302 g/mol. The Kier molecular flexibility index (Phi) is 4.04. The van der Waals surface area contributed by atoms with Crippen molar-refractivity contribution in [1.82, 2.24) is 0 Å².